The SMILES string of the molecule is C[C@]1(CCc2cc3nc(N)ccc3c(F)c2F)C[C@@H](n2ccc3c(N)ccnc32)[C@H](O)[C@@H]1O. The van der Waals surface area contributed by atoms with Crippen LogP contribution in [0.5, 0.6) is 0 Å². The van der Waals surface area contributed by atoms with E-state index in [0.29, 0.717) is 24.2 Å². The van der Waals surface area contributed by atoms with Crippen LogP contribution in [-0.4, -0.2) is 37.0 Å². The predicted octanol–water partition coefficient (Wildman–Crippen LogP) is 3.33. The third-order valence-electron chi connectivity index (χ3n) is 7.05. The minimum atomic E-state index is -1.05. The fraction of sp³-hybridized carbons (Fsp3) is 0.333. The molecule has 4 aromatic rings. The molecule has 6 N–H and O–H groups in total. The van der Waals surface area contributed by atoms with Crippen LogP contribution in [0.2, 0.25) is 0 Å². The second-order valence-electron chi connectivity index (χ2n) is 9.19. The largest absolute Gasteiger partial charge is 0.398 e. The summed E-state index contributed by atoms with van der Waals surface area (Å²) < 4.78 is 31.2. The van der Waals surface area contributed by atoms with Crippen molar-refractivity contribution in [2.75, 3.05) is 11.5 Å². The normalized spacial score (nSPS) is 25.3. The molecular formula is C24H25F2N5O2. The Morgan fingerprint density at radius 2 is 1.91 bits per heavy atom. The molecule has 1 saturated carbocycles. The first-order chi connectivity index (χ1) is 15.7. The van der Waals surface area contributed by atoms with E-state index in [0.717, 1.165) is 5.39 Å². The molecule has 0 aliphatic heterocycles. The van der Waals surface area contributed by atoms with Gasteiger partial charge < -0.3 is 26.2 Å². The van der Waals surface area contributed by atoms with Gasteiger partial charge in [-0.2, -0.15) is 0 Å². The zero-order valence-electron chi connectivity index (χ0n) is 18.0. The van der Waals surface area contributed by atoms with E-state index in [-0.39, 0.29) is 28.7 Å². The van der Waals surface area contributed by atoms with E-state index < -0.39 is 35.3 Å². The number of fused-ring (bicyclic) bond motifs is 2. The number of aromatic nitrogens is 3. The lowest BCUT2D eigenvalue weighted by molar-refractivity contribution is -0.0242. The van der Waals surface area contributed by atoms with Crippen LogP contribution < -0.4 is 11.5 Å². The smallest absolute Gasteiger partial charge is 0.168 e. The van der Waals surface area contributed by atoms with Crippen LogP contribution in [0.15, 0.2) is 42.7 Å². The topological polar surface area (TPSA) is 123 Å². The van der Waals surface area contributed by atoms with Gasteiger partial charge in [-0.3, -0.25) is 0 Å². The van der Waals surface area contributed by atoms with Gasteiger partial charge in [0.15, 0.2) is 11.6 Å². The average Bonchev–Trinajstić information content (AvgIpc) is 3.31. The first kappa shape index (κ1) is 21.5. The van der Waals surface area contributed by atoms with Crippen LogP contribution in [0.1, 0.15) is 31.4 Å². The van der Waals surface area contributed by atoms with Crippen molar-refractivity contribution in [1.82, 2.24) is 14.5 Å². The van der Waals surface area contributed by atoms with Crippen LogP contribution in [0.4, 0.5) is 20.3 Å². The van der Waals surface area contributed by atoms with Crippen LogP contribution in [0.3, 0.4) is 0 Å². The molecule has 0 unspecified atom stereocenters. The van der Waals surface area contributed by atoms with E-state index in [9.17, 15) is 19.0 Å². The van der Waals surface area contributed by atoms with E-state index in [1.54, 1.807) is 18.5 Å². The van der Waals surface area contributed by atoms with Crippen molar-refractivity contribution >= 4 is 33.4 Å². The highest BCUT2D eigenvalue weighted by Gasteiger charge is 2.50. The molecule has 3 aromatic heterocycles. The summed E-state index contributed by atoms with van der Waals surface area (Å²) in [5.74, 6) is -1.68. The number of nitrogens with zero attached hydrogens (tertiary/aromatic N) is 3. The number of hydrogen-bond donors (Lipinski definition) is 4. The summed E-state index contributed by atoms with van der Waals surface area (Å²) in [5.41, 5.74) is 12.6. The predicted molar refractivity (Wildman–Crippen MR) is 122 cm³/mol. The Hall–Kier alpha value is -3.30. The first-order valence-electron chi connectivity index (χ1n) is 10.8. The van der Waals surface area contributed by atoms with Crippen molar-refractivity contribution in [3.63, 3.8) is 0 Å². The van der Waals surface area contributed by atoms with Crippen molar-refractivity contribution in [3.8, 4) is 0 Å². The fourth-order valence-corrected chi connectivity index (χ4v) is 5.08. The molecule has 33 heavy (non-hydrogen) atoms. The number of aliphatic hydroxyl groups is 2. The highest BCUT2D eigenvalue weighted by Crippen LogP contribution is 2.48. The summed E-state index contributed by atoms with van der Waals surface area (Å²) in [6, 6.07) is 7.43. The molecule has 1 aromatic carbocycles. The number of hydrogen-bond acceptors (Lipinski definition) is 6. The van der Waals surface area contributed by atoms with E-state index >= 15 is 0 Å². The number of aryl methyl sites for hydroxylation is 1. The minimum absolute atomic E-state index is 0.0688. The second-order valence-corrected chi connectivity index (χ2v) is 9.19. The van der Waals surface area contributed by atoms with E-state index in [1.807, 2.05) is 17.6 Å². The maximum absolute atomic E-state index is 14.7. The number of benzene rings is 1. The van der Waals surface area contributed by atoms with Gasteiger partial charge in [0.05, 0.1) is 17.7 Å². The third-order valence-corrected chi connectivity index (χ3v) is 7.05. The molecule has 0 saturated heterocycles. The molecule has 1 aliphatic carbocycles. The molecule has 1 fully saturated rings. The van der Waals surface area contributed by atoms with E-state index in [1.165, 1.54) is 18.2 Å². The standard InChI is InChI=1S/C24H25F2N5O2/c1-24(7-4-12-10-16-14(20(26)19(12)25)2-3-18(28)30-16)11-17(21(32)22(24)33)31-9-6-13-15(27)5-8-29-23(13)31/h2-3,5-6,8-10,17,21-22,32-33H,4,7,11H2,1H3,(H2,27,29)(H2,28,30)/t17-,21+,22+,24+/m1/s1. The lowest BCUT2D eigenvalue weighted by Gasteiger charge is -2.28. The van der Waals surface area contributed by atoms with Crippen molar-refractivity contribution in [2.45, 2.75) is 44.4 Å². The number of pyridine rings is 2. The Kier molecular flexibility index (Phi) is 4.98. The van der Waals surface area contributed by atoms with E-state index in [2.05, 4.69) is 9.97 Å². The molecule has 5 rings (SSSR count). The summed E-state index contributed by atoms with van der Waals surface area (Å²) in [7, 11) is 0. The zero-order chi connectivity index (χ0) is 23.5. The highest BCUT2D eigenvalue weighted by molar-refractivity contribution is 5.88. The van der Waals surface area contributed by atoms with Gasteiger partial charge >= 0.3 is 0 Å². The third kappa shape index (κ3) is 3.39. The van der Waals surface area contributed by atoms with Gasteiger partial charge in [-0.15, -0.1) is 0 Å². The molecule has 4 atom stereocenters. The number of anilines is 2. The summed E-state index contributed by atoms with van der Waals surface area (Å²) in [6.45, 7) is 1.85. The van der Waals surface area contributed by atoms with Crippen LogP contribution in [0.25, 0.3) is 21.9 Å². The molecule has 0 bridgehead atoms. The minimum Gasteiger partial charge on any atom is -0.398 e. The summed E-state index contributed by atoms with van der Waals surface area (Å²) in [5, 5.41) is 22.6. The van der Waals surface area contributed by atoms with Gasteiger partial charge in [0.1, 0.15) is 17.6 Å². The number of nitrogen functional groups attached to an aromatic ring is 2. The van der Waals surface area contributed by atoms with Crippen LogP contribution in [0, 0.1) is 17.0 Å². The highest BCUT2D eigenvalue weighted by atomic mass is 19.2. The van der Waals surface area contributed by atoms with Gasteiger partial charge in [0.2, 0.25) is 0 Å². The Morgan fingerprint density at radius 1 is 1.12 bits per heavy atom. The van der Waals surface area contributed by atoms with E-state index in [4.69, 9.17) is 11.5 Å². The number of halogens is 2. The molecule has 7 nitrogen and oxygen atoms in total. The summed E-state index contributed by atoms with van der Waals surface area (Å²) in [6.07, 6.45) is 2.23. The molecule has 9 heteroatoms. The van der Waals surface area contributed by atoms with Crippen molar-refractivity contribution in [2.24, 2.45) is 5.41 Å². The van der Waals surface area contributed by atoms with Crippen molar-refractivity contribution in [3.05, 3.63) is 59.9 Å². The lowest BCUT2D eigenvalue weighted by atomic mass is 9.80. The van der Waals surface area contributed by atoms with Gasteiger partial charge in [-0.1, -0.05) is 6.92 Å². The summed E-state index contributed by atoms with van der Waals surface area (Å²) in [4.78, 5) is 8.49. The number of nitrogens with two attached hydrogens (primary N) is 2. The van der Waals surface area contributed by atoms with Crippen molar-refractivity contribution in [1.29, 1.82) is 0 Å². The Morgan fingerprint density at radius 3 is 2.70 bits per heavy atom. The average molecular weight is 453 g/mol. The van der Waals surface area contributed by atoms with Gasteiger partial charge in [-0.05, 0) is 60.6 Å². The lowest BCUT2D eigenvalue weighted by Crippen LogP contribution is -2.35. The van der Waals surface area contributed by atoms with Gasteiger partial charge in [0.25, 0.3) is 0 Å². The molecular weight excluding hydrogens is 428 g/mol. The Bertz CT molecular complexity index is 1370. The molecule has 3 heterocycles. The molecule has 1 aliphatic rings. The van der Waals surface area contributed by atoms with Crippen LogP contribution >= 0.6 is 0 Å². The zero-order valence-corrected chi connectivity index (χ0v) is 18.0. The molecule has 0 amide bonds. The molecule has 0 spiro atoms. The Labute approximate surface area is 188 Å². The van der Waals surface area contributed by atoms with Crippen molar-refractivity contribution < 1.29 is 19.0 Å². The maximum Gasteiger partial charge on any atom is 0.168 e. The Balaban J connectivity index is 1.43. The van der Waals surface area contributed by atoms with Gasteiger partial charge in [0, 0.05) is 28.9 Å². The quantitative estimate of drug-likeness (QED) is 0.376. The van der Waals surface area contributed by atoms with Crippen LogP contribution in [-0.2, 0) is 6.42 Å². The first-order valence-corrected chi connectivity index (χ1v) is 10.8. The second kappa shape index (κ2) is 7.64. The summed E-state index contributed by atoms with van der Waals surface area (Å²) >= 11 is 0. The maximum atomic E-state index is 14.7. The van der Waals surface area contributed by atoms with Gasteiger partial charge in [-0.25, -0.2) is 18.7 Å². The monoisotopic (exact) mass is 453 g/mol. The number of rotatable bonds is 4. The molecule has 172 valence electrons. The molecule has 0 radical (unpaired) electrons. The fourth-order valence-electron chi connectivity index (χ4n) is 5.08. The number of aliphatic hydroxyl groups excluding tert-OH is 2.